The molecular weight excluding hydrogens is 771 g/mol. The van der Waals surface area contributed by atoms with Gasteiger partial charge in [-0.25, -0.2) is 0 Å². The number of furan rings is 1. The summed E-state index contributed by atoms with van der Waals surface area (Å²) in [5.74, 6) is 0.984. The van der Waals surface area contributed by atoms with E-state index in [1.54, 1.807) is 11.3 Å². The molecule has 1 N–H and O–H groups in total. The van der Waals surface area contributed by atoms with Crippen LogP contribution < -0.4 is 5.38 Å². The zero-order valence-corrected chi connectivity index (χ0v) is 32.4. The molecule has 0 saturated heterocycles. The van der Waals surface area contributed by atoms with Gasteiger partial charge in [-0.1, -0.05) is 90.3 Å². The van der Waals surface area contributed by atoms with Crippen LogP contribution in [0.15, 0.2) is 64.9 Å². The first-order chi connectivity index (χ1) is 20.9. The Balaban J connectivity index is 0.000000297. The van der Waals surface area contributed by atoms with Gasteiger partial charge >= 0.3 is 0 Å². The molecule has 5 rings (SSSR count). The van der Waals surface area contributed by atoms with E-state index in [2.05, 4.69) is 82.0 Å². The van der Waals surface area contributed by atoms with Crippen LogP contribution in [0.2, 0.25) is 19.6 Å². The summed E-state index contributed by atoms with van der Waals surface area (Å²) in [6.07, 6.45) is 6.81. The van der Waals surface area contributed by atoms with Crippen molar-refractivity contribution in [1.82, 2.24) is 4.98 Å². The van der Waals surface area contributed by atoms with Gasteiger partial charge < -0.3 is 9.52 Å². The Labute approximate surface area is 287 Å². The molecule has 0 unspecified atom stereocenters. The largest absolute Gasteiger partial charge is 0.512 e. The van der Waals surface area contributed by atoms with Crippen molar-refractivity contribution in [3.05, 3.63) is 72.1 Å². The van der Waals surface area contributed by atoms with Crippen molar-refractivity contribution in [2.75, 3.05) is 0 Å². The zero-order chi connectivity index (χ0) is 32.2. The molecule has 2 aromatic carbocycles. The molecule has 3 heterocycles. The number of nitrogens with zero attached hydrogens (tertiary/aromatic N) is 1. The maximum absolute atomic E-state index is 11.7. The number of hydrogen-bond acceptors (Lipinski definition) is 5. The number of benzene rings is 2. The van der Waals surface area contributed by atoms with Gasteiger partial charge in [0.25, 0.3) is 0 Å². The van der Waals surface area contributed by atoms with Gasteiger partial charge in [0, 0.05) is 60.0 Å². The van der Waals surface area contributed by atoms with Crippen LogP contribution in [0.1, 0.15) is 78.7 Å². The molecule has 45 heavy (non-hydrogen) atoms. The molecule has 7 heteroatoms. The molecule has 1 radical (unpaired) electrons. The summed E-state index contributed by atoms with van der Waals surface area (Å²) in [5.41, 5.74) is 4.42. The standard InChI is InChI=1S/C25H24NOSSi.C13H24O2.Ir/c1-15(2)20-13-17(12-16-8-6-7-9-18(16)20)23-25-19(10-11-26-23)24-21(28-25)14-22(27-24)29(3,4)5;1-5-10(6-2)12(14)9-13(15)11(7-3)8-4;/h6-11,13-15H,1-5H3;9-11,14H,5-8H2,1-4H3;/q-1;;/b;12-9-;. The van der Waals surface area contributed by atoms with E-state index >= 15 is 0 Å². The Morgan fingerprint density at radius 1 is 0.978 bits per heavy atom. The van der Waals surface area contributed by atoms with Crippen LogP contribution in [-0.4, -0.2) is 23.9 Å². The molecule has 0 amide bonds. The van der Waals surface area contributed by atoms with Crippen molar-refractivity contribution in [2.45, 2.75) is 92.8 Å². The van der Waals surface area contributed by atoms with Crippen LogP contribution >= 0.6 is 11.3 Å². The van der Waals surface area contributed by atoms with Crippen molar-refractivity contribution < 1.29 is 34.4 Å². The second-order valence-corrected chi connectivity index (χ2v) is 19.1. The number of carbonyl (C=O) groups excluding carboxylic acids is 1. The third kappa shape index (κ3) is 8.24. The van der Waals surface area contributed by atoms with E-state index in [4.69, 9.17) is 9.40 Å². The minimum Gasteiger partial charge on any atom is -0.512 e. The molecule has 3 aromatic heterocycles. The minimum absolute atomic E-state index is 0. The van der Waals surface area contributed by atoms with Crippen molar-refractivity contribution in [2.24, 2.45) is 11.8 Å². The maximum atomic E-state index is 11.7. The molecule has 0 aliphatic carbocycles. The van der Waals surface area contributed by atoms with Gasteiger partial charge in [0.1, 0.15) is 8.07 Å². The monoisotopic (exact) mass is 819 g/mol. The minimum atomic E-state index is -1.48. The number of aliphatic hydroxyl groups excluding tert-OH is 1. The second kappa shape index (κ2) is 15.8. The Kier molecular flexibility index (Phi) is 13.0. The number of pyridine rings is 1. The molecule has 0 aliphatic rings. The van der Waals surface area contributed by atoms with E-state index in [1.807, 2.05) is 33.9 Å². The number of aromatic nitrogens is 1. The number of rotatable bonds is 10. The summed E-state index contributed by atoms with van der Waals surface area (Å²) in [4.78, 5) is 16.5. The third-order valence-corrected chi connectivity index (χ3v) is 11.4. The molecule has 0 bridgehead atoms. The van der Waals surface area contributed by atoms with E-state index in [0.717, 1.165) is 53.3 Å². The smallest absolute Gasteiger partial charge is 0.162 e. The predicted molar refractivity (Wildman–Crippen MR) is 192 cm³/mol. The summed E-state index contributed by atoms with van der Waals surface area (Å²) >= 11 is 1.79. The number of fused-ring (bicyclic) bond motifs is 4. The Hall–Kier alpha value is -2.57. The molecule has 4 nitrogen and oxygen atoms in total. The first-order valence-electron chi connectivity index (χ1n) is 16.1. The summed E-state index contributed by atoms with van der Waals surface area (Å²) in [7, 11) is -1.48. The molecule has 5 aromatic rings. The van der Waals surface area contributed by atoms with Gasteiger partial charge in [-0.05, 0) is 43.7 Å². The summed E-state index contributed by atoms with van der Waals surface area (Å²) in [6.45, 7) is 19.5. The number of hydrogen-bond donors (Lipinski definition) is 1. The van der Waals surface area contributed by atoms with Gasteiger partial charge in [0.2, 0.25) is 0 Å². The topological polar surface area (TPSA) is 63.3 Å². The Morgan fingerprint density at radius 3 is 2.22 bits per heavy atom. The van der Waals surface area contributed by atoms with E-state index in [-0.39, 0.29) is 43.5 Å². The van der Waals surface area contributed by atoms with Crippen LogP contribution in [0.5, 0.6) is 0 Å². The molecule has 0 aliphatic heterocycles. The number of carbonyl (C=O) groups is 1. The average Bonchev–Trinajstić information content (AvgIpc) is 3.57. The molecule has 0 fully saturated rings. The van der Waals surface area contributed by atoms with E-state index in [0.29, 0.717) is 5.92 Å². The molecule has 0 spiro atoms. The van der Waals surface area contributed by atoms with Crippen LogP contribution in [0, 0.1) is 17.9 Å². The van der Waals surface area contributed by atoms with Gasteiger partial charge in [-0.15, -0.1) is 40.5 Å². The molecular formula is C38H48IrNO3SSi-. The Bertz CT molecular complexity index is 1770. The number of aliphatic hydroxyl groups is 1. The van der Waals surface area contributed by atoms with Crippen LogP contribution in [0.3, 0.4) is 0 Å². The second-order valence-electron chi connectivity index (χ2n) is 13.0. The van der Waals surface area contributed by atoms with Crippen molar-refractivity contribution in [3.63, 3.8) is 0 Å². The van der Waals surface area contributed by atoms with Crippen LogP contribution in [-0.2, 0) is 24.9 Å². The molecule has 0 saturated carbocycles. The zero-order valence-electron chi connectivity index (χ0n) is 28.2. The Morgan fingerprint density at radius 2 is 1.62 bits per heavy atom. The summed E-state index contributed by atoms with van der Waals surface area (Å²) in [6, 6.07) is 18.7. The first-order valence-corrected chi connectivity index (χ1v) is 20.5. The first kappa shape index (κ1) is 36.9. The van der Waals surface area contributed by atoms with Gasteiger partial charge in [-0.2, -0.15) is 0 Å². The number of ketones is 1. The maximum Gasteiger partial charge on any atom is 0.162 e. The molecule has 0 atom stereocenters. The summed E-state index contributed by atoms with van der Waals surface area (Å²) < 4.78 is 8.75. The normalized spacial score (nSPS) is 12.3. The van der Waals surface area contributed by atoms with E-state index in [1.165, 1.54) is 31.8 Å². The predicted octanol–water partition coefficient (Wildman–Crippen LogP) is 11.2. The summed E-state index contributed by atoms with van der Waals surface area (Å²) in [5, 5.41) is 14.5. The van der Waals surface area contributed by atoms with Crippen LogP contribution in [0.4, 0.5) is 0 Å². The third-order valence-electron chi connectivity index (χ3n) is 8.56. The van der Waals surface area contributed by atoms with Gasteiger partial charge in [0.15, 0.2) is 11.4 Å². The molecule has 243 valence electrons. The fraction of sp³-hybridized carbons (Fsp3) is 0.421. The van der Waals surface area contributed by atoms with Gasteiger partial charge in [-0.3, -0.25) is 9.78 Å². The number of allylic oxidation sites excluding steroid dienone is 2. The fourth-order valence-electron chi connectivity index (χ4n) is 5.68. The average molecular weight is 819 g/mol. The van der Waals surface area contributed by atoms with E-state index in [9.17, 15) is 9.90 Å². The SMILES string of the molecule is CC(C)c1cc(-c2nccc3c2sc2cc([Si](C)(C)C)oc23)[c-]c2ccccc12.CCC(CC)C(=O)/C=C(\O)C(CC)CC.[Ir]. The quantitative estimate of drug-likeness (QED) is 0.0660. The van der Waals surface area contributed by atoms with Crippen molar-refractivity contribution in [1.29, 1.82) is 0 Å². The van der Waals surface area contributed by atoms with Gasteiger partial charge in [0.05, 0.1) is 15.8 Å². The fourth-order valence-corrected chi connectivity index (χ4v) is 7.93. The van der Waals surface area contributed by atoms with E-state index < -0.39 is 8.07 Å². The number of thiophene rings is 1. The van der Waals surface area contributed by atoms with Crippen molar-refractivity contribution in [3.8, 4) is 11.3 Å². The van der Waals surface area contributed by atoms with Crippen LogP contribution in [0.25, 0.3) is 42.4 Å². The van der Waals surface area contributed by atoms with Crippen molar-refractivity contribution >= 4 is 61.7 Å².